The summed E-state index contributed by atoms with van der Waals surface area (Å²) in [6, 6.07) is 0. The molecule has 0 unspecified atom stereocenters. The van der Waals surface area contributed by atoms with E-state index in [0.717, 1.165) is 0 Å². The summed E-state index contributed by atoms with van der Waals surface area (Å²) in [5.41, 5.74) is 0. The molecule has 0 heterocycles. The summed E-state index contributed by atoms with van der Waals surface area (Å²) in [5.74, 6) is -0.328. The van der Waals surface area contributed by atoms with Crippen molar-refractivity contribution in [2.45, 2.75) is 6.92 Å². The number of ether oxygens (including phenoxy) is 1. The molecule has 0 amide bonds. The van der Waals surface area contributed by atoms with Crippen LogP contribution in [0, 0.1) is 0 Å². The Balaban J connectivity index is 3.39. The minimum absolute atomic E-state index is 0.269. The second-order valence-corrected chi connectivity index (χ2v) is 2.21. The van der Waals surface area contributed by atoms with Gasteiger partial charge >= 0.3 is 5.97 Å². The van der Waals surface area contributed by atoms with E-state index in [0.29, 0.717) is 10.5 Å². The van der Waals surface area contributed by atoms with Gasteiger partial charge < -0.3 is 9.16 Å². The topological polar surface area (TPSA) is 35.5 Å². The quantitative estimate of drug-likeness (QED) is 0.257. The zero-order chi connectivity index (χ0) is 8.53. The van der Waals surface area contributed by atoms with Crippen molar-refractivity contribution in [3.8, 4) is 0 Å². The average Bonchev–Trinajstić information content (AvgIpc) is 1.99. The average molecular weight is 172 g/mol. The zero-order valence-electron chi connectivity index (χ0n) is 6.74. The third-order valence-electron chi connectivity index (χ3n) is 0.857. The number of esters is 1. The van der Waals surface area contributed by atoms with Crippen LogP contribution in [0.3, 0.4) is 0 Å². The van der Waals surface area contributed by atoms with Crippen LogP contribution < -0.4 is 0 Å². The van der Waals surface area contributed by atoms with Crippen LogP contribution in [-0.2, 0) is 14.0 Å². The smallest absolute Gasteiger partial charge is 0.330 e. The lowest BCUT2D eigenvalue weighted by Crippen LogP contribution is -1.99. The van der Waals surface area contributed by atoms with E-state index in [1.807, 2.05) is 0 Å². The summed E-state index contributed by atoms with van der Waals surface area (Å²) in [6.07, 6.45) is 6.17. The second-order valence-electron chi connectivity index (χ2n) is 1.74. The minimum Gasteiger partial charge on any atom is -0.558 e. The summed E-state index contributed by atoms with van der Waals surface area (Å²) < 4.78 is 9.44. The van der Waals surface area contributed by atoms with Crippen molar-refractivity contribution in [1.82, 2.24) is 0 Å². The van der Waals surface area contributed by atoms with Gasteiger partial charge in [0.25, 0.3) is 0 Å². The number of hydrogen-bond acceptors (Lipinski definition) is 3. The Kier molecular flexibility index (Phi) is 6.41. The molecule has 0 radical (unpaired) electrons. The van der Waals surface area contributed by atoms with E-state index in [-0.39, 0.29) is 12.6 Å². The fourth-order valence-electron chi connectivity index (χ4n) is 0.450. The number of carbonyl (C=O) groups excluding carboxylic acids is 1. The molecule has 0 saturated carbocycles. The molecule has 0 spiro atoms. The van der Waals surface area contributed by atoms with Crippen molar-refractivity contribution in [3.63, 3.8) is 0 Å². The maximum atomic E-state index is 10.6. The third-order valence-corrected chi connectivity index (χ3v) is 1.13. The first-order valence-electron chi connectivity index (χ1n) is 3.28. The van der Waals surface area contributed by atoms with Crippen molar-refractivity contribution >= 4 is 16.5 Å². The Hall–Kier alpha value is -1.03. The maximum absolute atomic E-state index is 10.6. The van der Waals surface area contributed by atoms with Gasteiger partial charge in [0.2, 0.25) is 10.5 Å². The predicted octanol–water partition coefficient (Wildman–Crippen LogP) is -0.0836. The van der Waals surface area contributed by atoms with Gasteiger partial charge in [-0.3, -0.25) is 0 Å². The first-order valence-corrected chi connectivity index (χ1v) is 4.10. The Morgan fingerprint density at radius 3 is 2.91 bits per heavy atom. The SMILES string of the molecule is CC=CC(=O)OCC=CO[SiH3]. The van der Waals surface area contributed by atoms with Gasteiger partial charge in [-0.25, -0.2) is 4.79 Å². The van der Waals surface area contributed by atoms with E-state index in [2.05, 4.69) is 0 Å². The van der Waals surface area contributed by atoms with Crippen LogP contribution in [0.15, 0.2) is 24.5 Å². The van der Waals surface area contributed by atoms with Crippen LogP contribution in [0.4, 0.5) is 0 Å². The molecule has 0 aliphatic rings. The summed E-state index contributed by atoms with van der Waals surface area (Å²) in [6.45, 7) is 2.03. The van der Waals surface area contributed by atoms with Crippen molar-refractivity contribution in [2.24, 2.45) is 0 Å². The Bertz CT molecular complexity index is 163. The molecule has 0 bridgehead atoms. The van der Waals surface area contributed by atoms with Gasteiger partial charge in [0.1, 0.15) is 6.61 Å². The molecule has 4 heteroatoms. The molecular formula is C7H12O3Si. The van der Waals surface area contributed by atoms with Gasteiger partial charge in [-0.1, -0.05) is 6.08 Å². The van der Waals surface area contributed by atoms with Crippen molar-refractivity contribution in [2.75, 3.05) is 6.61 Å². The van der Waals surface area contributed by atoms with Crippen molar-refractivity contribution < 1.29 is 14.0 Å². The Labute approximate surface area is 69.2 Å². The molecule has 0 N–H and O–H groups in total. The molecule has 0 saturated heterocycles. The first-order chi connectivity index (χ1) is 5.31. The molecule has 0 aromatic rings. The molecule has 0 aromatic carbocycles. The molecule has 3 nitrogen and oxygen atoms in total. The Morgan fingerprint density at radius 2 is 2.36 bits per heavy atom. The third kappa shape index (κ3) is 6.86. The van der Waals surface area contributed by atoms with Gasteiger partial charge in [-0.05, 0) is 13.0 Å². The van der Waals surface area contributed by atoms with Crippen molar-refractivity contribution in [1.29, 1.82) is 0 Å². The lowest BCUT2D eigenvalue weighted by molar-refractivity contribution is -0.136. The minimum atomic E-state index is -0.328. The largest absolute Gasteiger partial charge is 0.558 e. The number of carbonyl (C=O) groups is 1. The van der Waals surface area contributed by atoms with Gasteiger partial charge in [-0.15, -0.1) is 0 Å². The summed E-state index contributed by atoms with van der Waals surface area (Å²) >= 11 is 0. The molecular weight excluding hydrogens is 160 g/mol. The number of allylic oxidation sites excluding steroid dienone is 1. The van der Waals surface area contributed by atoms with Gasteiger partial charge in [0, 0.05) is 6.08 Å². The molecule has 0 rings (SSSR count). The molecule has 62 valence electrons. The first kappa shape index (κ1) is 9.97. The van der Waals surface area contributed by atoms with Gasteiger partial charge in [0.15, 0.2) is 0 Å². The van der Waals surface area contributed by atoms with E-state index < -0.39 is 0 Å². The van der Waals surface area contributed by atoms with E-state index in [9.17, 15) is 4.79 Å². The molecule has 0 aliphatic heterocycles. The van der Waals surface area contributed by atoms with Crippen molar-refractivity contribution in [3.05, 3.63) is 24.5 Å². The van der Waals surface area contributed by atoms with Crippen LogP contribution >= 0.6 is 0 Å². The van der Waals surface area contributed by atoms with Crippen LogP contribution in [-0.4, -0.2) is 23.1 Å². The highest BCUT2D eigenvalue weighted by molar-refractivity contribution is 5.98. The highest BCUT2D eigenvalue weighted by Gasteiger charge is 1.90. The fraction of sp³-hybridized carbons (Fsp3) is 0.286. The van der Waals surface area contributed by atoms with Crippen LogP contribution in [0.25, 0.3) is 0 Å². The summed E-state index contributed by atoms with van der Waals surface area (Å²) in [4.78, 5) is 10.6. The fourth-order valence-corrected chi connectivity index (χ4v) is 0.642. The van der Waals surface area contributed by atoms with E-state index in [1.54, 1.807) is 19.1 Å². The lowest BCUT2D eigenvalue weighted by Gasteiger charge is -1.94. The normalized spacial score (nSPS) is 11.0. The number of rotatable bonds is 4. The number of hydrogen-bond donors (Lipinski definition) is 0. The second kappa shape index (κ2) is 7.08. The zero-order valence-corrected chi connectivity index (χ0v) is 8.74. The molecule has 0 aliphatic carbocycles. The molecule has 11 heavy (non-hydrogen) atoms. The molecule has 0 aromatic heterocycles. The molecule has 0 atom stereocenters. The monoisotopic (exact) mass is 172 g/mol. The van der Waals surface area contributed by atoms with Crippen LogP contribution in [0.5, 0.6) is 0 Å². The highest BCUT2D eigenvalue weighted by atomic mass is 28.2. The summed E-state index contributed by atoms with van der Waals surface area (Å²) in [5, 5.41) is 0. The standard InChI is InChI=1S/C7H12O3Si/c1-2-4-7(8)9-5-3-6-10-11/h2-4,6H,5H2,1,11H3. The van der Waals surface area contributed by atoms with E-state index >= 15 is 0 Å². The van der Waals surface area contributed by atoms with E-state index in [4.69, 9.17) is 9.16 Å². The van der Waals surface area contributed by atoms with Gasteiger partial charge in [-0.2, -0.15) is 0 Å². The predicted molar refractivity (Wildman–Crippen MR) is 45.9 cm³/mol. The van der Waals surface area contributed by atoms with E-state index in [1.165, 1.54) is 12.3 Å². The molecule has 0 fully saturated rings. The van der Waals surface area contributed by atoms with Crippen LogP contribution in [0.1, 0.15) is 6.92 Å². The summed E-state index contributed by atoms with van der Waals surface area (Å²) in [7, 11) is 0.662. The lowest BCUT2D eigenvalue weighted by atomic mass is 10.5. The van der Waals surface area contributed by atoms with Crippen LogP contribution in [0.2, 0.25) is 0 Å². The maximum Gasteiger partial charge on any atom is 0.330 e. The Morgan fingerprint density at radius 1 is 1.64 bits per heavy atom. The van der Waals surface area contributed by atoms with Gasteiger partial charge in [0.05, 0.1) is 6.26 Å². The highest BCUT2D eigenvalue weighted by Crippen LogP contribution is 1.82.